The smallest absolute Gasteiger partial charge is 0.306 e. The van der Waals surface area contributed by atoms with Gasteiger partial charge in [0.2, 0.25) is 0 Å². The predicted octanol–water partition coefficient (Wildman–Crippen LogP) is 4.22. The first-order valence-electron chi connectivity index (χ1n) is 6.58. The average molecular weight is 280 g/mol. The standard InChI is InChI=1S/C15H24O3Si/c1-15(2,3)19(4,5)18-13(11-14(16)17)12-9-7-6-8-10-12/h6-10,13H,11H2,1-5H3,(H,16,17). The Morgan fingerprint density at radius 2 is 1.79 bits per heavy atom. The van der Waals surface area contributed by atoms with E-state index in [2.05, 4.69) is 33.9 Å². The third-order valence-corrected chi connectivity index (χ3v) is 8.26. The highest BCUT2D eigenvalue weighted by Gasteiger charge is 2.39. The molecule has 1 aromatic carbocycles. The van der Waals surface area contributed by atoms with Crippen molar-refractivity contribution < 1.29 is 14.3 Å². The van der Waals surface area contributed by atoms with Gasteiger partial charge in [-0.2, -0.15) is 0 Å². The maximum atomic E-state index is 11.1. The van der Waals surface area contributed by atoms with Crippen LogP contribution in [-0.2, 0) is 9.22 Å². The van der Waals surface area contributed by atoms with Crippen molar-refractivity contribution in [2.24, 2.45) is 0 Å². The summed E-state index contributed by atoms with van der Waals surface area (Å²) in [5.41, 5.74) is 0.940. The average Bonchev–Trinajstić information content (AvgIpc) is 2.27. The lowest BCUT2D eigenvalue weighted by atomic mass is 10.1. The summed E-state index contributed by atoms with van der Waals surface area (Å²) in [6.07, 6.45) is -0.351. The van der Waals surface area contributed by atoms with Gasteiger partial charge in [0.25, 0.3) is 0 Å². The molecule has 1 N–H and O–H groups in total. The molecule has 106 valence electrons. The minimum atomic E-state index is -1.98. The summed E-state index contributed by atoms with van der Waals surface area (Å²) in [5, 5.41) is 9.15. The second-order valence-electron chi connectivity index (χ2n) is 6.38. The molecule has 0 aliphatic heterocycles. The van der Waals surface area contributed by atoms with Crippen molar-refractivity contribution in [2.75, 3.05) is 0 Å². The van der Waals surface area contributed by atoms with Gasteiger partial charge < -0.3 is 9.53 Å². The van der Waals surface area contributed by atoms with Crippen LogP contribution >= 0.6 is 0 Å². The first-order chi connectivity index (χ1) is 8.63. The third-order valence-electron chi connectivity index (χ3n) is 3.77. The Morgan fingerprint density at radius 3 is 2.21 bits per heavy atom. The van der Waals surface area contributed by atoms with Gasteiger partial charge in [0.1, 0.15) is 0 Å². The van der Waals surface area contributed by atoms with E-state index in [1.54, 1.807) is 0 Å². The highest BCUT2D eigenvalue weighted by Crippen LogP contribution is 2.40. The van der Waals surface area contributed by atoms with Crippen LogP contribution in [0.4, 0.5) is 0 Å². The minimum absolute atomic E-state index is 0.0104. The molecule has 0 bridgehead atoms. The molecule has 0 aliphatic carbocycles. The van der Waals surface area contributed by atoms with Crippen LogP contribution in [-0.4, -0.2) is 19.4 Å². The lowest BCUT2D eigenvalue weighted by Crippen LogP contribution is -2.42. The van der Waals surface area contributed by atoms with Crippen LogP contribution in [0.1, 0.15) is 38.9 Å². The molecule has 1 rings (SSSR count). The summed E-state index contributed by atoms with van der Waals surface area (Å²) in [4.78, 5) is 11.1. The van der Waals surface area contributed by atoms with Crippen molar-refractivity contribution >= 4 is 14.3 Å². The van der Waals surface area contributed by atoms with Crippen LogP contribution in [0.2, 0.25) is 18.1 Å². The molecule has 0 saturated heterocycles. The molecule has 1 aromatic rings. The lowest BCUT2D eigenvalue weighted by molar-refractivity contribution is -0.139. The van der Waals surface area contributed by atoms with Gasteiger partial charge >= 0.3 is 5.97 Å². The summed E-state index contributed by atoms with van der Waals surface area (Å²) < 4.78 is 6.26. The zero-order chi connectivity index (χ0) is 14.7. The Morgan fingerprint density at radius 1 is 1.26 bits per heavy atom. The molecule has 0 heterocycles. The molecular weight excluding hydrogens is 256 g/mol. The second kappa shape index (κ2) is 5.88. The quantitative estimate of drug-likeness (QED) is 0.821. The number of benzene rings is 1. The molecule has 19 heavy (non-hydrogen) atoms. The highest BCUT2D eigenvalue weighted by molar-refractivity contribution is 6.74. The van der Waals surface area contributed by atoms with Crippen molar-refractivity contribution in [3.63, 3.8) is 0 Å². The Balaban J connectivity index is 2.97. The molecule has 3 nitrogen and oxygen atoms in total. The Bertz CT molecular complexity index is 421. The van der Waals surface area contributed by atoms with Crippen LogP contribution in [0.5, 0.6) is 0 Å². The largest absolute Gasteiger partial charge is 0.481 e. The van der Waals surface area contributed by atoms with Gasteiger partial charge in [-0.05, 0) is 23.7 Å². The molecule has 0 fully saturated rings. The molecule has 0 aromatic heterocycles. The summed E-state index contributed by atoms with van der Waals surface area (Å²) in [6.45, 7) is 10.8. The van der Waals surface area contributed by atoms with Crippen molar-refractivity contribution in [3.05, 3.63) is 35.9 Å². The van der Waals surface area contributed by atoms with Crippen LogP contribution in [0, 0.1) is 0 Å². The summed E-state index contributed by atoms with van der Waals surface area (Å²) >= 11 is 0. The fourth-order valence-electron chi connectivity index (χ4n) is 1.59. The van der Waals surface area contributed by atoms with Crippen molar-refractivity contribution in [3.8, 4) is 0 Å². The van der Waals surface area contributed by atoms with E-state index in [1.807, 2.05) is 30.3 Å². The Hall–Kier alpha value is -1.13. The van der Waals surface area contributed by atoms with Gasteiger partial charge in [-0.15, -0.1) is 0 Å². The number of hydrogen-bond acceptors (Lipinski definition) is 2. The Labute approximate surface area is 116 Å². The van der Waals surface area contributed by atoms with E-state index in [1.165, 1.54) is 0 Å². The van der Waals surface area contributed by atoms with E-state index in [9.17, 15) is 4.79 Å². The van der Waals surface area contributed by atoms with Gasteiger partial charge in [0.05, 0.1) is 12.5 Å². The zero-order valence-corrected chi connectivity index (χ0v) is 13.4. The van der Waals surface area contributed by atoms with Crippen LogP contribution < -0.4 is 0 Å². The normalized spacial score (nSPS) is 14.2. The van der Waals surface area contributed by atoms with Crippen LogP contribution in [0.25, 0.3) is 0 Å². The lowest BCUT2D eigenvalue weighted by Gasteiger charge is -2.39. The number of hydrogen-bond donors (Lipinski definition) is 1. The first-order valence-corrected chi connectivity index (χ1v) is 9.49. The summed E-state index contributed by atoms with van der Waals surface area (Å²) in [7, 11) is -1.98. The van der Waals surface area contributed by atoms with Crippen molar-refractivity contribution in [1.29, 1.82) is 0 Å². The topological polar surface area (TPSA) is 46.5 Å². The van der Waals surface area contributed by atoms with Crippen LogP contribution in [0.3, 0.4) is 0 Å². The van der Waals surface area contributed by atoms with E-state index < -0.39 is 14.3 Å². The maximum absolute atomic E-state index is 11.1. The molecule has 4 heteroatoms. The molecule has 0 saturated carbocycles. The van der Waals surface area contributed by atoms with Gasteiger partial charge in [-0.3, -0.25) is 4.79 Å². The molecule has 0 radical (unpaired) electrons. The minimum Gasteiger partial charge on any atom is -0.481 e. The highest BCUT2D eigenvalue weighted by atomic mass is 28.4. The monoisotopic (exact) mass is 280 g/mol. The van der Waals surface area contributed by atoms with Crippen molar-refractivity contribution in [2.45, 2.75) is 51.4 Å². The molecule has 1 unspecified atom stereocenters. The summed E-state index contributed by atoms with van der Waals surface area (Å²) in [5.74, 6) is -0.826. The Kier molecular flexibility index (Phi) is 4.93. The van der Waals surface area contributed by atoms with E-state index in [-0.39, 0.29) is 17.6 Å². The number of aliphatic carboxylic acids is 1. The predicted molar refractivity (Wildman–Crippen MR) is 79.7 cm³/mol. The number of carboxylic acid groups (broad SMARTS) is 1. The van der Waals surface area contributed by atoms with Gasteiger partial charge in [-0.1, -0.05) is 51.1 Å². The molecule has 1 atom stereocenters. The molecular formula is C15H24O3Si. The van der Waals surface area contributed by atoms with Gasteiger partial charge in [0, 0.05) is 0 Å². The van der Waals surface area contributed by atoms with E-state index in [0.29, 0.717) is 0 Å². The van der Waals surface area contributed by atoms with Crippen LogP contribution in [0.15, 0.2) is 30.3 Å². The maximum Gasteiger partial charge on any atom is 0.306 e. The first kappa shape index (κ1) is 15.9. The summed E-state index contributed by atoms with van der Waals surface area (Å²) in [6, 6.07) is 9.62. The third kappa shape index (κ3) is 4.47. The fourth-order valence-corrected chi connectivity index (χ4v) is 2.87. The number of carboxylic acids is 1. The van der Waals surface area contributed by atoms with Gasteiger partial charge in [-0.25, -0.2) is 0 Å². The SMILES string of the molecule is CC(C)(C)[Si](C)(C)OC(CC(=O)O)c1ccccc1. The van der Waals surface area contributed by atoms with E-state index in [4.69, 9.17) is 9.53 Å². The fraction of sp³-hybridized carbons (Fsp3) is 0.533. The van der Waals surface area contributed by atoms with Gasteiger partial charge in [0.15, 0.2) is 8.32 Å². The van der Waals surface area contributed by atoms with E-state index in [0.717, 1.165) is 5.56 Å². The molecule has 0 spiro atoms. The van der Waals surface area contributed by atoms with E-state index >= 15 is 0 Å². The van der Waals surface area contributed by atoms with Crippen molar-refractivity contribution in [1.82, 2.24) is 0 Å². The number of carbonyl (C=O) groups is 1. The number of rotatable bonds is 5. The zero-order valence-electron chi connectivity index (χ0n) is 12.4. The second-order valence-corrected chi connectivity index (χ2v) is 11.1. The molecule has 0 aliphatic rings. The molecule has 0 amide bonds.